The molecule has 0 bridgehead atoms. The molecule has 0 spiro atoms. The topological polar surface area (TPSA) is 52.3 Å². The summed E-state index contributed by atoms with van der Waals surface area (Å²) in [6.45, 7) is 1.89. The lowest BCUT2D eigenvalue weighted by molar-refractivity contribution is 0.379. The van der Waals surface area contributed by atoms with Gasteiger partial charge in [-0.25, -0.2) is 4.40 Å². The average Bonchev–Trinajstić information content (AvgIpc) is 2.66. The van der Waals surface area contributed by atoms with Crippen LogP contribution in [-0.4, -0.2) is 26.7 Å². The summed E-state index contributed by atoms with van der Waals surface area (Å²) in [4.78, 5) is 4.30. The Balaban J connectivity index is 2.58. The van der Waals surface area contributed by atoms with Crippen LogP contribution < -0.4 is 4.74 Å². The Morgan fingerprint density at radius 2 is 2.00 bits per heavy atom. The molecule has 0 aliphatic heterocycles. The predicted molar refractivity (Wildman–Crippen MR) is 59.6 cm³/mol. The molecule has 0 saturated carbocycles. The van der Waals surface area contributed by atoms with Crippen molar-refractivity contribution in [2.45, 2.75) is 6.92 Å². The van der Waals surface area contributed by atoms with Crippen LogP contribution in [0.2, 0.25) is 0 Å². The van der Waals surface area contributed by atoms with E-state index in [4.69, 9.17) is 4.74 Å². The van der Waals surface area contributed by atoms with Gasteiger partial charge in [-0.3, -0.25) is 0 Å². The molecule has 0 unspecified atom stereocenters. The highest BCUT2D eigenvalue weighted by Crippen LogP contribution is 2.21. The first-order chi connectivity index (χ1) is 7.81. The van der Waals surface area contributed by atoms with Crippen molar-refractivity contribution in [2.75, 3.05) is 7.11 Å². The van der Waals surface area contributed by atoms with Crippen molar-refractivity contribution in [1.82, 2.24) is 19.6 Å². The van der Waals surface area contributed by atoms with Gasteiger partial charge in [0, 0.05) is 0 Å². The second-order valence-electron chi connectivity index (χ2n) is 3.53. The van der Waals surface area contributed by atoms with Gasteiger partial charge < -0.3 is 4.74 Å². The summed E-state index contributed by atoms with van der Waals surface area (Å²) < 4.78 is 7.11. The number of aryl methyl sites for hydroxylation is 1. The van der Waals surface area contributed by atoms with Crippen molar-refractivity contribution in [1.29, 1.82) is 0 Å². The largest absolute Gasteiger partial charge is 0.468 e. The van der Waals surface area contributed by atoms with E-state index in [0.717, 1.165) is 22.4 Å². The van der Waals surface area contributed by atoms with E-state index in [2.05, 4.69) is 15.2 Å². The van der Waals surface area contributed by atoms with Crippen LogP contribution in [0.4, 0.5) is 0 Å². The summed E-state index contributed by atoms with van der Waals surface area (Å²) >= 11 is 0. The summed E-state index contributed by atoms with van der Waals surface area (Å²) in [5.74, 6) is 0. The molecule has 0 aliphatic carbocycles. The van der Waals surface area contributed by atoms with Gasteiger partial charge in [0.15, 0.2) is 5.65 Å². The molecule has 5 nitrogen and oxygen atoms in total. The Bertz CT molecular complexity index is 674. The number of imidazole rings is 1. The van der Waals surface area contributed by atoms with Gasteiger partial charge in [-0.2, -0.15) is 4.98 Å². The van der Waals surface area contributed by atoms with Crippen LogP contribution in [0.5, 0.6) is 6.01 Å². The van der Waals surface area contributed by atoms with Crippen molar-refractivity contribution >= 4 is 16.7 Å². The normalized spacial score (nSPS) is 11.1. The van der Waals surface area contributed by atoms with Gasteiger partial charge in [0.1, 0.15) is 5.52 Å². The summed E-state index contributed by atoms with van der Waals surface area (Å²) in [6.07, 6.45) is 0. The number of fused-ring (bicyclic) bond motifs is 3. The molecular formula is C11H10N4O. The number of para-hydroxylation sites is 1. The highest BCUT2D eigenvalue weighted by Gasteiger charge is 2.12. The third kappa shape index (κ3) is 1.08. The van der Waals surface area contributed by atoms with Crippen molar-refractivity contribution < 1.29 is 4.74 Å². The van der Waals surface area contributed by atoms with Crippen molar-refractivity contribution in [2.24, 2.45) is 0 Å². The first-order valence-electron chi connectivity index (χ1n) is 4.95. The van der Waals surface area contributed by atoms with Gasteiger partial charge in [0.05, 0.1) is 18.3 Å². The summed E-state index contributed by atoms with van der Waals surface area (Å²) in [5, 5.41) is 8.30. The second-order valence-corrected chi connectivity index (χ2v) is 3.53. The maximum absolute atomic E-state index is 5.24. The van der Waals surface area contributed by atoms with Crippen molar-refractivity contribution in [3.8, 4) is 6.01 Å². The van der Waals surface area contributed by atoms with Crippen LogP contribution in [0, 0.1) is 6.92 Å². The Morgan fingerprint density at radius 1 is 1.19 bits per heavy atom. The van der Waals surface area contributed by atoms with Crippen LogP contribution >= 0.6 is 0 Å². The number of aromatic nitrogens is 4. The molecule has 0 N–H and O–H groups in total. The van der Waals surface area contributed by atoms with Gasteiger partial charge in [-0.15, -0.1) is 10.2 Å². The van der Waals surface area contributed by atoms with E-state index in [1.165, 1.54) is 0 Å². The highest BCUT2D eigenvalue weighted by atomic mass is 16.5. The van der Waals surface area contributed by atoms with Gasteiger partial charge in [0.25, 0.3) is 0 Å². The van der Waals surface area contributed by atoms with Gasteiger partial charge >= 0.3 is 6.01 Å². The Labute approximate surface area is 91.7 Å². The molecule has 0 radical (unpaired) electrons. The zero-order valence-electron chi connectivity index (χ0n) is 9.01. The van der Waals surface area contributed by atoms with E-state index in [9.17, 15) is 0 Å². The fraction of sp³-hybridized carbons (Fsp3) is 0.182. The lowest BCUT2D eigenvalue weighted by atomic mass is 10.3. The molecule has 16 heavy (non-hydrogen) atoms. The van der Waals surface area contributed by atoms with Crippen LogP contribution in [0.25, 0.3) is 16.7 Å². The summed E-state index contributed by atoms with van der Waals surface area (Å²) in [6, 6.07) is 8.31. The fourth-order valence-electron chi connectivity index (χ4n) is 1.81. The quantitative estimate of drug-likeness (QED) is 0.617. The number of rotatable bonds is 1. The number of ether oxygens (including phenoxy) is 1. The molecule has 0 fully saturated rings. The smallest absolute Gasteiger partial charge is 0.302 e. The molecule has 80 valence electrons. The zero-order chi connectivity index (χ0) is 11.1. The average molecular weight is 214 g/mol. The lowest BCUT2D eigenvalue weighted by Gasteiger charge is -2.02. The van der Waals surface area contributed by atoms with E-state index < -0.39 is 0 Å². The van der Waals surface area contributed by atoms with Gasteiger partial charge in [-0.1, -0.05) is 12.1 Å². The summed E-state index contributed by atoms with van der Waals surface area (Å²) in [7, 11) is 1.60. The molecule has 3 rings (SSSR count). The third-order valence-electron chi connectivity index (χ3n) is 2.55. The maximum Gasteiger partial charge on any atom is 0.302 e. The highest BCUT2D eigenvalue weighted by molar-refractivity contribution is 5.77. The van der Waals surface area contributed by atoms with Crippen LogP contribution in [0.1, 0.15) is 5.69 Å². The number of methoxy groups -OCH3 is 1. The van der Waals surface area contributed by atoms with E-state index >= 15 is 0 Å². The van der Waals surface area contributed by atoms with Crippen LogP contribution in [0.3, 0.4) is 0 Å². The van der Waals surface area contributed by atoms with Crippen LogP contribution in [-0.2, 0) is 0 Å². The molecule has 2 aromatic heterocycles. The van der Waals surface area contributed by atoms with E-state index in [1.54, 1.807) is 7.11 Å². The number of nitrogens with zero attached hydrogens (tertiary/aromatic N) is 4. The number of benzene rings is 1. The Hall–Kier alpha value is -2.17. The zero-order valence-corrected chi connectivity index (χ0v) is 9.01. The minimum absolute atomic E-state index is 0.540. The maximum atomic E-state index is 5.24. The fourth-order valence-corrected chi connectivity index (χ4v) is 1.81. The first-order valence-corrected chi connectivity index (χ1v) is 4.95. The molecular weight excluding hydrogens is 204 g/mol. The second kappa shape index (κ2) is 3.16. The number of hydrogen-bond acceptors (Lipinski definition) is 4. The molecule has 1 aromatic carbocycles. The Kier molecular flexibility index (Phi) is 1.80. The lowest BCUT2D eigenvalue weighted by Crippen LogP contribution is -1.97. The van der Waals surface area contributed by atoms with Crippen LogP contribution in [0.15, 0.2) is 24.3 Å². The minimum atomic E-state index is 0.540. The first kappa shape index (κ1) is 9.08. The van der Waals surface area contributed by atoms with Gasteiger partial charge in [-0.05, 0) is 19.1 Å². The molecule has 3 aromatic rings. The monoisotopic (exact) mass is 214 g/mol. The minimum Gasteiger partial charge on any atom is -0.468 e. The molecule has 5 heteroatoms. The van der Waals surface area contributed by atoms with E-state index in [-0.39, 0.29) is 0 Å². The Morgan fingerprint density at radius 3 is 2.81 bits per heavy atom. The standard InChI is InChI=1S/C11H10N4O/c1-7-10-14-13-8-5-3-4-6-9(8)15(10)11(12-7)16-2/h3-6H,1-2H3. The molecule has 0 amide bonds. The summed E-state index contributed by atoms with van der Waals surface area (Å²) in [5.41, 5.74) is 3.32. The number of hydrogen-bond donors (Lipinski definition) is 0. The van der Waals surface area contributed by atoms with E-state index in [0.29, 0.717) is 6.01 Å². The molecule has 0 saturated heterocycles. The molecule has 0 aliphatic rings. The SMILES string of the molecule is COc1nc(C)c2nnc3ccccc3n12. The molecule has 0 atom stereocenters. The van der Waals surface area contributed by atoms with Gasteiger partial charge in [0.2, 0.25) is 0 Å². The van der Waals surface area contributed by atoms with Crippen molar-refractivity contribution in [3.05, 3.63) is 30.0 Å². The van der Waals surface area contributed by atoms with Crippen molar-refractivity contribution in [3.63, 3.8) is 0 Å². The third-order valence-corrected chi connectivity index (χ3v) is 2.55. The van der Waals surface area contributed by atoms with E-state index in [1.807, 2.05) is 35.6 Å². The molecule has 2 heterocycles. The predicted octanol–water partition coefficient (Wildman–Crippen LogP) is 1.59.